The third-order valence-corrected chi connectivity index (χ3v) is 3.92. The van der Waals surface area contributed by atoms with Crippen LogP contribution in [0.25, 0.3) is 0 Å². The van der Waals surface area contributed by atoms with Gasteiger partial charge in [0.2, 0.25) is 0 Å². The van der Waals surface area contributed by atoms with Gasteiger partial charge in [0.25, 0.3) is 0 Å². The minimum absolute atomic E-state index is 0.0373. The number of nitrogens with zero attached hydrogens (tertiary/aromatic N) is 2. The number of halogens is 9. The van der Waals surface area contributed by atoms with Crippen LogP contribution in [0.2, 0.25) is 10.0 Å². The molecule has 13 heteroatoms. The number of amides is 1. The maximum atomic E-state index is 13.3. The molecule has 148 valence electrons. The Morgan fingerprint density at radius 1 is 1.04 bits per heavy atom. The van der Waals surface area contributed by atoms with E-state index in [9.17, 15) is 35.5 Å². The van der Waals surface area contributed by atoms with Gasteiger partial charge in [0.1, 0.15) is 5.02 Å². The molecule has 0 radical (unpaired) electrons. The first-order valence-electron chi connectivity index (χ1n) is 6.87. The summed E-state index contributed by atoms with van der Waals surface area (Å²) in [6.45, 7) is -0.0373. The Balaban J connectivity index is 2.22. The summed E-state index contributed by atoms with van der Waals surface area (Å²) in [6, 6.07) is 6.41. The number of alkyl halides is 7. The predicted octanol–water partition coefficient (Wildman–Crippen LogP) is 5.01. The van der Waals surface area contributed by atoms with Gasteiger partial charge in [-0.2, -0.15) is 35.8 Å². The third kappa shape index (κ3) is 4.13. The van der Waals surface area contributed by atoms with Crippen molar-refractivity contribution >= 4 is 34.9 Å². The van der Waals surface area contributed by atoms with Gasteiger partial charge in [-0.3, -0.25) is 9.48 Å². The number of benzene rings is 1. The fourth-order valence-corrected chi connectivity index (χ4v) is 2.26. The third-order valence-electron chi connectivity index (χ3n) is 3.27. The molecule has 0 atom stereocenters. The van der Waals surface area contributed by atoms with E-state index in [0.717, 1.165) is 10.9 Å². The highest BCUT2D eigenvalue weighted by Crippen LogP contribution is 2.47. The molecule has 1 aromatic carbocycles. The average Bonchev–Trinajstić information content (AvgIpc) is 2.87. The summed E-state index contributed by atoms with van der Waals surface area (Å²) in [7, 11) is 0. The van der Waals surface area contributed by atoms with Crippen LogP contribution >= 0.6 is 23.2 Å². The highest BCUT2D eigenvalue weighted by molar-refractivity contribution is 6.33. The first kappa shape index (κ1) is 21.3. The topological polar surface area (TPSA) is 46.9 Å². The van der Waals surface area contributed by atoms with Crippen LogP contribution in [0.3, 0.4) is 0 Å². The van der Waals surface area contributed by atoms with Gasteiger partial charge >= 0.3 is 23.9 Å². The van der Waals surface area contributed by atoms with E-state index in [-0.39, 0.29) is 6.54 Å². The lowest BCUT2D eigenvalue weighted by molar-refractivity contribution is -0.343. The Morgan fingerprint density at radius 3 is 2.19 bits per heavy atom. The van der Waals surface area contributed by atoms with Gasteiger partial charge < -0.3 is 5.32 Å². The van der Waals surface area contributed by atoms with Gasteiger partial charge in [-0.05, 0) is 11.6 Å². The van der Waals surface area contributed by atoms with Gasteiger partial charge in [-0.25, -0.2) is 0 Å². The van der Waals surface area contributed by atoms with Gasteiger partial charge in [0, 0.05) is 11.2 Å². The van der Waals surface area contributed by atoms with Crippen LogP contribution < -0.4 is 5.32 Å². The lowest BCUT2D eigenvalue weighted by Gasteiger charge is -2.26. The second kappa shape index (κ2) is 7.19. The number of anilines is 1. The average molecular weight is 438 g/mol. The molecule has 0 aliphatic rings. The van der Waals surface area contributed by atoms with E-state index in [4.69, 9.17) is 23.2 Å². The van der Waals surface area contributed by atoms with Crippen LogP contribution in [0, 0.1) is 0 Å². The van der Waals surface area contributed by atoms with Gasteiger partial charge in [0.05, 0.1) is 6.54 Å². The van der Waals surface area contributed by atoms with Crippen LogP contribution in [0.1, 0.15) is 5.56 Å². The molecule has 0 saturated heterocycles. The Kier molecular flexibility index (Phi) is 5.67. The summed E-state index contributed by atoms with van der Waals surface area (Å²) in [4.78, 5) is 11.3. The first-order valence-corrected chi connectivity index (χ1v) is 7.63. The molecule has 0 spiro atoms. The van der Waals surface area contributed by atoms with Crippen molar-refractivity contribution in [3.8, 4) is 0 Å². The smallest absolute Gasteiger partial charge is 0.302 e. The van der Waals surface area contributed by atoms with Crippen molar-refractivity contribution in [2.45, 2.75) is 24.6 Å². The number of nitrogens with one attached hydrogen (secondary N) is 1. The zero-order chi connectivity index (χ0) is 20.6. The van der Waals surface area contributed by atoms with Crippen molar-refractivity contribution in [3.05, 3.63) is 46.1 Å². The van der Waals surface area contributed by atoms with E-state index in [0.29, 0.717) is 10.6 Å². The molecule has 0 fully saturated rings. The number of carbonyl (C=O) groups is 1. The normalized spacial score (nSPS) is 12.9. The monoisotopic (exact) mass is 437 g/mol. The fraction of sp³-hybridized carbons (Fsp3) is 0.286. The lowest BCUT2D eigenvalue weighted by atomic mass is 10.1. The van der Waals surface area contributed by atoms with Crippen molar-refractivity contribution in [2.24, 2.45) is 0 Å². The van der Waals surface area contributed by atoms with Gasteiger partial charge in [-0.1, -0.05) is 41.4 Å². The Morgan fingerprint density at radius 2 is 1.63 bits per heavy atom. The molecular formula is C14H8Cl2F7N3O. The maximum absolute atomic E-state index is 13.3. The summed E-state index contributed by atoms with van der Waals surface area (Å²) < 4.78 is 89.9. The largest absolute Gasteiger partial charge is 0.460 e. The van der Waals surface area contributed by atoms with Crippen molar-refractivity contribution in [1.29, 1.82) is 0 Å². The van der Waals surface area contributed by atoms with E-state index >= 15 is 0 Å². The van der Waals surface area contributed by atoms with E-state index in [1.165, 1.54) is 5.32 Å². The number of aromatic nitrogens is 2. The standard InChI is InChI=1S/C14H8Cl2F7N3O/c15-8-4-2-1-3-7(8)5-26-6-9(16)10(25-26)24-11(27)12(17,18)13(19,20)14(21,22)23/h1-4,6H,5H2,(H,24,25,27). The van der Waals surface area contributed by atoms with Crippen LogP contribution in [0.5, 0.6) is 0 Å². The molecule has 2 aromatic rings. The van der Waals surface area contributed by atoms with Crippen molar-refractivity contribution in [2.75, 3.05) is 5.32 Å². The molecule has 1 N–H and O–H groups in total. The zero-order valence-electron chi connectivity index (χ0n) is 12.8. The molecule has 1 heterocycles. The van der Waals surface area contributed by atoms with Crippen molar-refractivity contribution in [1.82, 2.24) is 9.78 Å². The SMILES string of the molecule is O=C(Nc1nn(Cc2ccccc2Cl)cc1Cl)C(F)(F)C(F)(F)C(F)(F)F. The first-order chi connectivity index (χ1) is 12.3. The molecule has 27 heavy (non-hydrogen) atoms. The number of hydrogen-bond donors (Lipinski definition) is 1. The molecule has 0 aliphatic carbocycles. The second-order valence-electron chi connectivity index (χ2n) is 5.22. The van der Waals surface area contributed by atoms with Crippen molar-refractivity contribution < 1.29 is 35.5 Å². The summed E-state index contributed by atoms with van der Waals surface area (Å²) in [5.41, 5.74) is 0.519. The molecule has 0 bridgehead atoms. The molecule has 2 rings (SSSR count). The quantitative estimate of drug-likeness (QED) is 0.668. The Bertz CT molecular complexity index is 851. The van der Waals surface area contributed by atoms with Crippen LogP contribution in [-0.4, -0.2) is 33.7 Å². The zero-order valence-corrected chi connectivity index (χ0v) is 14.3. The minimum atomic E-state index is -6.64. The van der Waals surface area contributed by atoms with E-state index in [1.54, 1.807) is 24.3 Å². The highest BCUT2D eigenvalue weighted by atomic mass is 35.5. The Labute approximate surface area is 156 Å². The number of hydrogen-bond acceptors (Lipinski definition) is 2. The van der Waals surface area contributed by atoms with E-state index in [1.807, 2.05) is 0 Å². The molecule has 0 saturated carbocycles. The van der Waals surface area contributed by atoms with Crippen LogP contribution in [-0.2, 0) is 11.3 Å². The fourth-order valence-electron chi connectivity index (χ4n) is 1.87. The molecule has 1 aromatic heterocycles. The maximum Gasteiger partial charge on any atom is 0.460 e. The summed E-state index contributed by atoms with van der Waals surface area (Å²) >= 11 is 11.6. The van der Waals surface area contributed by atoms with E-state index < -0.39 is 34.8 Å². The second-order valence-corrected chi connectivity index (χ2v) is 6.03. The summed E-state index contributed by atoms with van der Waals surface area (Å²) in [6.07, 6.45) is -5.60. The number of carbonyl (C=O) groups excluding carboxylic acids is 1. The van der Waals surface area contributed by atoms with Gasteiger partial charge in [0.15, 0.2) is 5.82 Å². The predicted molar refractivity (Wildman–Crippen MR) is 82.4 cm³/mol. The number of rotatable bonds is 5. The Hall–Kier alpha value is -2.01. The van der Waals surface area contributed by atoms with Gasteiger partial charge in [-0.15, -0.1) is 0 Å². The molecule has 0 unspecified atom stereocenters. The molecular weight excluding hydrogens is 430 g/mol. The van der Waals surface area contributed by atoms with Crippen molar-refractivity contribution in [3.63, 3.8) is 0 Å². The summed E-state index contributed by atoms with van der Waals surface area (Å²) in [5, 5.41) is 4.63. The highest BCUT2D eigenvalue weighted by Gasteiger charge is 2.76. The van der Waals surface area contributed by atoms with Crippen LogP contribution in [0.4, 0.5) is 36.6 Å². The molecule has 0 aliphatic heterocycles. The summed E-state index contributed by atoms with van der Waals surface area (Å²) in [5.74, 6) is -16.4. The lowest BCUT2D eigenvalue weighted by Crippen LogP contribution is -2.57. The minimum Gasteiger partial charge on any atom is -0.302 e. The molecule has 4 nitrogen and oxygen atoms in total. The van der Waals surface area contributed by atoms with Crippen LogP contribution in [0.15, 0.2) is 30.5 Å². The van der Waals surface area contributed by atoms with E-state index in [2.05, 4.69) is 5.10 Å². The molecule has 1 amide bonds.